The van der Waals surface area contributed by atoms with Crippen LogP contribution in [0.4, 0.5) is 11.4 Å². The summed E-state index contributed by atoms with van der Waals surface area (Å²) in [4.78, 5) is 31.7. The van der Waals surface area contributed by atoms with Gasteiger partial charge in [0.2, 0.25) is 5.89 Å². The lowest BCUT2D eigenvalue weighted by molar-refractivity contribution is -0.384. The van der Waals surface area contributed by atoms with Crippen LogP contribution < -0.4 is 5.32 Å². The van der Waals surface area contributed by atoms with Crippen LogP contribution in [-0.4, -0.2) is 20.8 Å². The van der Waals surface area contributed by atoms with Crippen molar-refractivity contribution in [3.63, 3.8) is 0 Å². The molecular weight excluding hydrogens is 440 g/mol. The Morgan fingerprint density at radius 1 is 1.21 bits per heavy atom. The van der Waals surface area contributed by atoms with E-state index in [4.69, 9.17) is 4.42 Å². The minimum atomic E-state index is -0.545. The third kappa shape index (κ3) is 3.72. The number of carbonyl (C=O) groups excluding carboxylic acids is 1. The van der Waals surface area contributed by atoms with Crippen LogP contribution in [0, 0.1) is 17.0 Å². The smallest absolute Gasteiger partial charge is 0.270 e. The average molecular weight is 453 g/mol. The lowest BCUT2D eigenvalue weighted by Gasteiger charge is -2.10. The maximum atomic E-state index is 12.7. The van der Waals surface area contributed by atoms with E-state index in [-0.39, 0.29) is 11.3 Å². The van der Waals surface area contributed by atoms with Crippen LogP contribution in [0.3, 0.4) is 0 Å². The zero-order valence-corrected chi connectivity index (χ0v) is 16.6. The maximum absolute atomic E-state index is 12.7. The molecule has 0 radical (unpaired) electrons. The number of aryl methyl sites for hydroxylation is 1. The zero-order chi connectivity index (χ0) is 20.5. The van der Waals surface area contributed by atoms with Gasteiger partial charge in [-0.15, -0.1) is 0 Å². The van der Waals surface area contributed by atoms with Crippen molar-refractivity contribution < 1.29 is 14.1 Å². The number of halogens is 1. The molecule has 0 fully saturated rings. The molecule has 0 unspecified atom stereocenters. The highest BCUT2D eigenvalue weighted by atomic mass is 79.9. The van der Waals surface area contributed by atoms with E-state index in [0.717, 1.165) is 5.56 Å². The van der Waals surface area contributed by atoms with Crippen LogP contribution in [0.15, 0.2) is 63.6 Å². The molecule has 0 atom stereocenters. The second-order valence-electron chi connectivity index (χ2n) is 6.25. The number of amides is 1. The molecule has 0 saturated heterocycles. The Hall–Kier alpha value is -3.59. The highest BCUT2D eigenvalue weighted by Crippen LogP contribution is 2.29. The first kappa shape index (κ1) is 18.8. The molecule has 0 saturated carbocycles. The van der Waals surface area contributed by atoms with Crippen molar-refractivity contribution in [1.29, 1.82) is 0 Å². The SMILES string of the molecule is Cc1ccc(-c2nc3ncccc3o2)cc1NC(=O)c1cc([N+](=O)[O-])ccc1Br. The summed E-state index contributed by atoms with van der Waals surface area (Å²) in [5.74, 6) is -0.0919. The first-order chi connectivity index (χ1) is 13.9. The van der Waals surface area contributed by atoms with Crippen molar-refractivity contribution in [2.75, 3.05) is 5.32 Å². The summed E-state index contributed by atoms with van der Waals surface area (Å²) in [6.45, 7) is 1.84. The Bertz CT molecular complexity index is 1240. The van der Waals surface area contributed by atoms with E-state index in [1.807, 2.05) is 19.1 Å². The molecule has 1 N–H and O–H groups in total. The minimum absolute atomic E-state index is 0.162. The number of hydrogen-bond acceptors (Lipinski definition) is 6. The lowest BCUT2D eigenvalue weighted by atomic mass is 10.1. The van der Waals surface area contributed by atoms with Crippen LogP contribution in [0.25, 0.3) is 22.7 Å². The Balaban J connectivity index is 1.67. The fourth-order valence-corrected chi connectivity index (χ4v) is 3.20. The zero-order valence-electron chi connectivity index (χ0n) is 15.0. The van der Waals surface area contributed by atoms with Crippen LogP contribution >= 0.6 is 15.9 Å². The number of nitrogens with zero attached hydrogens (tertiary/aromatic N) is 3. The van der Waals surface area contributed by atoms with Gasteiger partial charge in [-0.05, 0) is 58.7 Å². The van der Waals surface area contributed by atoms with Gasteiger partial charge in [0.05, 0.1) is 10.5 Å². The monoisotopic (exact) mass is 452 g/mol. The van der Waals surface area contributed by atoms with Crippen molar-refractivity contribution in [3.05, 3.63) is 80.4 Å². The van der Waals surface area contributed by atoms with Crippen molar-refractivity contribution >= 4 is 44.4 Å². The number of pyridine rings is 1. The number of fused-ring (bicyclic) bond motifs is 1. The molecule has 0 spiro atoms. The normalized spacial score (nSPS) is 10.8. The Morgan fingerprint density at radius 2 is 2.03 bits per heavy atom. The number of rotatable bonds is 4. The van der Waals surface area contributed by atoms with E-state index in [9.17, 15) is 14.9 Å². The summed E-state index contributed by atoms with van der Waals surface area (Å²) < 4.78 is 6.19. The molecule has 2 aromatic heterocycles. The summed E-state index contributed by atoms with van der Waals surface area (Å²) in [7, 11) is 0. The summed E-state index contributed by atoms with van der Waals surface area (Å²) in [6.07, 6.45) is 1.63. The van der Waals surface area contributed by atoms with E-state index in [0.29, 0.717) is 32.8 Å². The molecule has 29 heavy (non-hydrogen) atoms. The molecule has 0 aliphatic carbocycles. The number of nitro benzene ring substituents is 1. The second kappa shape index (κ2) is 7.44. The number of aromatic nitrogens is 2. The number of oxazole rings is 1. The fourth-order valence-electron chi connectivity index (χ4n) is 2.77. The molecule has 2 aromatic carbocycles. The summed E-state index contributed by atoms with van der Waals surface area (Å²) in [5.41, 5.74) is 3.09. The van der Waals surface area contributed by atoms with E-state index >= 15 is 0 Å². The Labute approximate surface area is 172 Å². The Kier molecular flexibility index (Phi) is 4.81. The first-order valence-electron chi connectivity index (χ1n) is 8.50. The van der Waals surface area contributed by atoms with Gasteiger partial charge in [0.1, 0.15) is 0 Å². The quantitative estimate of drug-likeness (QED) is 0.339. The molecule has 0 aliphatic heterocycles. The molecule has 4 aromatic rings. The van der Waals surface area contributed by atoms with Crippen molar-refractivity contribution in [2.24, 2.45) is 0 Å². The number of anilines is 1. The number of nitro groups is 1. The van der Waals surface area contributed by atoms with Crippen LogP contribution in [-0.2, 0) is 0 Å². The summed E-state index contributed by atoms with van der Waals surface area (Å²) >= 11 is 3.27. The fraction of sp³-hybridized carbons (Fsp3) is 0.0500. The minimum Gasteiger partial charge on any atom is -0.434 e. The molecule has 2 heterocycles. The topological polar surface area (TPSA) is 111 Å². The molecule has 1 amide bonds. The van der Waals surface area contributed by atoms with Gasteiger partial charge >= 0.3 is 0 Å². The molecule has 0 bridgehead atoms. The van der Waals surface area contributed by atoms with E-state index in [1.54, 1.807) is 24.4 Å². The number of carbonyl (C=O) groups is 1. The molecule has 0 aliphatic rings. The number of non-ortho nitro benzene ring substituents is 1. The molecule has 4 rings (SSSR count). The van der Waals surface area contributed by atoms with Crippen molar-refractivity contribution in [3.8, 4) is 11.5 Å². The van der Waals surface area contributed by atoms with E-state index < -0.39 is 10.8 Å². The largest absolute Gasteiger partial charge is 0.434 e. The highest BCUT2D eigenvalue weighted by molar-refractivity contribution is 9.10. The predicted molar refractivity (Wildman–Crippen MR) is 111 cm³/mol. The lowest BCUT2D eigenvalue weighted by Crippen LogP contribution is -2.14. The van der Waals surface area contributed by atoms with Crippen LogP contribution in [0.2, 0.25) is 0 Å². The van der Waals surface area contributed by atoms with E-state index in [2.05, 4.69) is 31.2 Å². The summed E-state index contributed by atoms with van der Waals surface area (Å²) in [6, 6.07) is 13.0. The van der Waals surface area contributed by atoms with Gasteiger partial charge in [0, 0.05) is 34.1 Å². The maximum Gasteiger partial charge on any atom is 0.270 e. The second-order valence-corrected chi connectivity index (χ2v) is 7.10. The van der Waals surface area contributed by atoms with Crippen molar-refractivity contribution in [2.45, 2.75) is 6.92 Å². The summed E-state index contributed by atoms with van der Waals surface area (Å²) in [5, 5.41) is 13.8. The highest BCUT2D eigenvalue weighted by Gasteiger charge is 2.17. The average Bonchev–Trinajstić information content (AvgIpc) is 3.14. The third-order valence-electron chi connectivity index (χ3n) is 4.30. The van der Waals surface area contributed by atoms with Crippen molar-refractivity contribution in [1.82, 2.24) is 9.97 Å². The van der Waals surface area contributed by atoms with E-state index in [1.165, 1.54) is 18.2 Å². The number of nitrogens with one attached hydrogen (secondary N) is 1. The number of hydrogen-bond donors (Lipinski definition) is 1. The number of benzene rings is 2. The standard InChI is InChI=1S/C20H13BrN4O4/c1-11-4-5-12(20-24-18-17(29-20)3-2-8-22-18)9-16(11)23-19(26)14-10-13(25(27)28)6-7-15(14)21/h2-10H,1H3,(H,23,26). The molecular formula is C20H13BrN4O4. The van der Waals surface area contributed by atoms with Gasteiger partial charge in [-0.25, -0.2) is 4.98 Å². The van der Waals surface area contributed by atoms with Gasteiger partial charge in [-0.1, -0.05) is 6.07 Å². The molecule has 9 heteroatoms. The van der Waals surface area contributed by atoms with Gasteiger partial charge in [-0.2, -0.15) is 4.98 Å². The third-order valence-corrected chi connectivity index (χ3v) is 4.99. The predicted octanol–water partition coefficient (Wildman–Crippen LogP) is 5.12. The van der Waals surface area contributed by atoms with Gasteiger partial charge < -0.3 is 9.73 Å². The Morgan fingerprint density at radius 3 is 2.79 bits per heavy atom. The first-order valence-corrected chi connectivity index (χ1v) is 9.29. The van der Waals surface area contributed by atoms with Gasteiger partial charge in [0.25, 0.3) is 11.6 Å². The molecule has 8 nitrogen and oxygen atoms in total. The molecule has 144 valence electrons. The van der Waals surface area contributed by atoms with Crippen LogP contribution in [0.5, 0.6) is 0 Å². The van der Waals surface area contributed by atoms with Gasteiger partial charge in [-0.3, -0.25) is 14.9 Å². The van der Waals surface area contributed by atoms with Gasteiger partial charge in [0.15, 0.2) is 11.2 Å². The van der Waals surface area contributed by atoms with Crippen LogP contribution in [0.1, 0.15) is 15.9 Å².